The Morgan fingerprint density at radius 2 is 1.83 bits per heavy atom. The number of benzene rings is 2. The van der Waals surface area contributed by atoms with Gasteiger partial charge in [0.05, 0.1) is 4.92 Å². The average molecular weight is 462 g/mol. The molecule has 0 fully saturated rings. The molecule has 1 aromatic heterocycles. The summed E-state index contributed by atoms with van der Waals surface area (Å²) >= 11 is 16.7. The van der Waals surface area contributed by atoms with Crippen LogP contribution in [-0.4, -0.2) is 15.9 Å². The fourth-order valence-corrected chi connectivity index (χ4v) is 2.95. The van der Waals surface area contributed by atoms with Crippen LogP contribution in [0.3, 0.4) is 0 Å². The largest absolute Gasteiger partial charge is 0.457 e. The Morgan fingerprint density at radius 3 is 2.53 bits per heavy atom. The van der Waals surface area contributed by atoms with Crippen LogP contribution in [0.5, 0.6) is 0 Å². The number of nitrogens with one attached hydrogen (secondary N) is 2. The highest BCUT2D eigenvalue weighted by atomic mass is 35.5. The topological polar surface area (TPSA) is 97.4 Å². The van der Waals surface area contributed by atoms with Gasteiger partial charge in [0.2, 0.25) is 5.91 Å². The summed E-state index contributed by atoms with van der Waals surface area (Å²) in [6.07, 6.45) is 2.74. The monoisotopic (exact) mass is 461 g/mol. The van der Waals surface area contributed by atoms with Gasteiger partial charge in [-0.15, -0.1) is 0 Å². The van der Waals surface area contributed by atoms with Gasteiger partial charge in [0.15, 0.2) is 5.11 Å². The second-order valence-electron chi connectivity index (χ2n) is 5.91. The lowest BCUT2D eigenvalue weighted by Gasteiger charge is -2.08. The number of hydrogen-bond acceptors (Lipinski definition) is 5. The highest BCUT2D eigenvalue weighted by Gasteiger charge is 2.13. The number of carbonyl (C=O) groups excluding carboxylic acids is 1. The molecule has 0 bridgehead atoms. The van der Waals surface area contributed by atoms with E-state index in [4.69, 9.17) is 39.8 Å². The molecule has 0 unspecified atom stereocenters. The second-order valence-corrected chi connectivity index (χ2v) is 7.16. The molecule has 1 heterocycles. The van der Waals surface area contributed by atoms with Crippen LogP contribution < -0.4 is 10.6 Å². The summed E-state index contributed by atoms with van der Waals surface area (Å²) in [5, 5.41) is 16.7. The molecule has 1 amide bonds. The molecule has 0 atom stereocenters. The van der Waals surface area contributed by atoms with Crippen LogP contribution >= 0.6 is 35.4 Å². The van der Waals surface area contributed by atoms with E-state index in [0.29, 0.717) is 22.2 Å². The number of furan rings is 1. The predicted octanol–water partition coefficient (Wildman–Crippen LogP) is 5.69. The third-order valence-electron chi connectivity index (χ3n) is 3.79. The van der Waals surface area contributed by atoms with Crippen molar-refractivity contribution >= 4 is 63.9 Å². The molecular formula is C20H13Cl2N3O4S. The van der Waals surface area contributed by atoms with E-state index in [1.165, 1.54) is 30.4 Å². The molecule has 2 aromatic carbocycles. The summed E-state index contributed by atoms with van der Waals surface area (Å²) in [4.78, 5) is 22.4. The van der Waals surface area contributed by atoms with Crippen LogP contribution in [0.4, 0.5) is 11.4 Å². The first-order chi connectivity index (χ1) is 14.3. The minimum absolute atomic E-state index is 0.000135. The van der Waals surface area contributed by atoms with Crippen molar-refractivity contribution in [3.8, 4) is 11.3 Å². The van der Waals surface area contributed by atoms with E-state index in [0.717, 1.165) is 5.56 Å². The summed E-state index contributed by atoms with van der Waals surface area (Å²) in [6.45, 7) is 0. The number of amides is 1. The Kier molecular flexibility index (Phi) is 6.83. The molecule has 10 heteroatoms. The van der Waals surface area contributed by atoms with E-state index in [1.54, 1.807) is 24.3 Å². The number of nitro groups is 1. The lowest BCUT2D eigenvalue weighted by Crippen LogP contribution is -2.32. The van der Waals surface area contributed by atoms with Gasteiger partial charge in [-0.3, -0.25) is 20.2 Å². The molecule has 3 aromatic rings. The number of rotatable bonds is 5. The number of nitro benzene ring substituents is 1. The Hall–Kier alpha value is -3.20. The minimum Gasteiger partial charge on any atom is -0.457 e. The molecule has 0 saturated carbocycles. The average Bonchev–Trinajstić information content (AvgIpc) is 3.17. The smallest absolute Gasteiger partial charge is 0.289 e. The fraction of sp³-hybridized carbons (Fsp3) is 0. The molecule has 152 valence electrons. The van der Waals surface area contributed by atoms with Gasteiger partial charge in [0.1, 0.15) is 16.5 Å². The number of anilines is 1. The highest BCUT2D eigenvalue weighted by Crippen LogP contribution is 2.27. The van der Waals surface area contributed by atoms with Gasteiger partial charge in [0, 0.05) is 28.4 Å². The van der Waals surface area contributed by atoms with Crippen molar-refractivity contribution in [2.45, 2.75) is 0 Å². The summed E-state index contributed by atoms with van der Waals surface area (Å²) < 4.78 is 5.67. The van der Waals surface area contributed by atoms with Crippen molar-refractivity contribution < 1.29 is 14.1 Å². The maximum absolute atomic E-state index is 12.0. The van der Waals surface area contributed by atoms with Gasteiger partial charge in [-0.05, 0) is 66.8 Å². The van der Waals surface area contributed by atoms with Crippen LogP contribution in [0.15, 0.2) is 65.1 Å². The Balaban J connectivity index is 1.58. The number of halogens is 2. The van der Waals surface area contributed by atoms with Gasteiger partial charge in [-0.25, -0.2) is 0 Å². The molecular weight excluding hydrogens is 449 g/mol. The van der Waals surface area contributed by atoms with E-state index < -0.39 is 10.8 Å². The van der Waals surface area contributed by atoms with E-state index in [1.807, 2.05) is 12.1 Å². The van der Waals surface area contributed by atoms with E-state index in [-0.39, 0.29) is 15.8 Å². The van der Waals surface area contributed by atoms with Crippen molar-refractivity contribution in [2.75, 3.05) is 5.32 Å². The molecule has 0 aliphatic heterocycles. The minimum atomic E-state index is -0.612. The lowest BCUT2D eigenvalue weighted by atomic mass is 10.2. The Bertz CT molecular complexity index is 1140. The van der Waals surface area contributed by atoms with Crippen LogP contribution in [0.2, 0.25) is 10.0 Å². The van der Waals surface area contributed by atoms with Crippen molar-refractivity contribution in [1.82, 2.24) is 5.32 Å². The van der Waals surface area contributed by atoms with Gasteiger partial charge >= 0.3 is 0 Å². The number of nitrogens with zero attached hydrogens (tertiary/aromatic N) is 1. The standard InChI is InChI=1S/C20H13Cl2N3O4S/c21-13-3-1-12(2-4-13)18-9-6-15(29-18)7-10-19(26)24-20(30)23-14-5-8-16(22)17(11-14)25(27)28/h1-11H,(H2,23,24,26,30). The fourth-order valence-electron chi connectivity index (χ4n) is 2.42. The van der Waals surface area contributed by atoms with Gasteiger partial charge in [-0.1, -0.05) is 23.2 Å². The lowest BCUT2D eigenvalue weighted by molar-refractivity contribution is -0.384. The van der Waals surface area contributed by atoms with Crippen molar-refractivity contribution in [1.29, 1.82) is 0 Å². The quantitative estimate of drug-likeness (QED) is 0.219. The van der Waals surface area contributed by atoms with Crippen LogP contribution in [0, 0.1) is 10.1 Å². The molecule has 0 aliphatic rings. The molecule has 0 saturated heterocycles. The third kappa shape index (κ3) is 5.66. The molecule has 2 N–H and O–H groups in total. The van der Waals surface area contributed by atoms with Crippen molar-refractivity contribution in [3.63, 3.8) is 0 Å². The van der Waals surface area contributed by atoms with Crippen molar-refractivity contribution in [2.24, 2.45) is 0 Å². The second kappa shape index (κ2) is 9.53. The Morgan fingerprint density at radius 1 is 1.10 bits per heavy atom. The molecule has 0 aliphatic carbocycles. The van der Waals surface area contributed by atoms with Gasteiger partial charge in [0.25, 0.3) is 5.69 Å². The maximum atomic E-state index is 12.0. The maximum Gasteiger partial charge on any atom is 0.289 e. The first-order valence-corrected chi connectivity index (χ1v) is 9.58. The summed E-state index contributed by atoms with van der Waals surface area (Å²) in [7, 11) is 0. The summed E-state index contributed by atoms with van der Waals surface area (Å²) in [5.74, 6) is 0.607. The highest BCUT2D eigenvalue weighted by molar-refractivity contribution is 7.80. The van der Waals surface area contributed by atoms with E-state index >= 15 is 0 Å². The number of carbonyl (C=O) groups is 1. The first kappa shape index (κ1) is 21.5. The zero-order valence-corrected chi connectivity index (χ0v) is 17.4. The molecule has 30 heavy (non-hydrogen) atoms. The first-order valence-electron chi connectivity index (χ1n) is 8.41. The van der Waals surface area contributed by atoms with Gasteiger partial charge < -0.3 is 9.73 Å². The van der Waals surface area contributed by atoms with Crippen LogP contribution in [0.1, 0.15) is 5.76 Å². The zero-order chi connectivity index (χ0) is 21.7. The number of hydrogen-bond donors (Lipinski definition) is 2. The van der Waals surface area contributed by atoms with E-state index in [9.17, 15) is 14.9 Å². The third-order valence-corrected chi connectivity index (χ3v) is 4.57. The Labute approximate surface area is 186 Å². The molecule has 7 nitrogen and oxygen atoms in total. The number of thiocarbonyl (C=S) groups is 1. The summed E-state index contributed by atoms with van der Waals surface area (Å²) in [5.41, 5.74) is 0.898. The normalized spacial score (nSPS) is 10.7. The predicted molar refractivity (Wildman–Crippen MR) is 121 cm³/mol. The van der Waals surface area contributed by atoms with Crippen LogP contribution in [0.25, 0.3) is 17.4 Å². The van der Waals surface area contributed by atoms with Crippen LogP contribution in [-0.2, 0) is 4.79 Å². The molecule has 0 radical (unpaired) electrons. The molecule has 3 rings (SSSR count). The van der Waals surface area contributed by atoms with E-state index in [2.05, 4.69) is 10.6 Å². The molecule has 0 spiro atoms. The zero-order valence-electron chi connectivity index (χ0n) is 15.1. The van der Waals surface area contributed by atoms with Gasteiger partial charge in [-0.2, -0.15) is 0 Å². The SMILES string of the molecule is O=C(C=Cc1ccc(-c2ccc(Cl)cc2)o1)NC(=S)Nc1ccc(Cl)c([N+](=O)[O-])c1. The summed E-state index contributed by atoms with van der Waals surface area (Å²) in [6, 6.07) is 14.7. The van der Waals surface area contributed by atoms with Crippen molar-refractivity contribution in [3.05, 3.63) is 86.6 Å².